The molecule has 2 heterocycles. The summed E-state index contributed by atoms with van der Waals surface area (Å²) in [6.07, 6.45) is 1.23. The fraction of sp³-hybridized carbons (Fsp3) is 0.400. The second-order valence-electron chi connectivity index (χ2n) is 5.56. The zero-order chi connectivity index (χ0) is 14.3. The predicted octanol–water partition coefficient (Wildman–Crippen LogP) is 2.85. The lowest BCUT2D eigenvalue weighted by Crippen LogP contribution is -2.13. The summed E-state index contributed by atoms with van der Waals surface area (Å²) >= 11 is 3.72. The zero-order valence-corrected chi connectivity index (χ0v) is 13.4. The van der Waals surface area contributed by atoms with E-state index in [4.69, 9.17) is 5.73 Å². The molecule has 4 nitrogen and oxygen atoms in total. The number of anilines is 1. The quantitative estimate of drug-likeness (QED) is 0.918. The van der Waals surface area contributed by atoms with E-state index in [1.165, 1.54) is 23.0 Å². The van der Waals surface area contributed by atoms with Crippen LogP contribution in [0.3, 0.4) is 0 Å². The summed E-state index contributed by atoms with van der Waals surface area (Å²) < 4.78 is 2.86. The molecule has 1 aromatic carbocycles. The van der Waals surface area contributed by atoms with Gasteiger partial charge in [-0.2, -0.15) is 5.10 Å². The molecule has 106 valence electrons. The Bertz CT molecular complexity index is 615. The zero-order valence-electron chi connectivity index (χ0n) is 11.8. The minimum absolute atomic E-state index is 0.622. The maximum absolute atomic E-state index is 5.84. The van der Waals surface area contributed by atoms with Gasteiger partial charge in [0.15, 0.2) is 0 Å². The lowest BCUT2D eigenvalue weighted by molar-refractivity contribution is 0.411. The van der Waals surface area contributed by atoms with Gasteiger partial charge in [0.1, 0.15) is 5.82 Å². The van der Waals surface area contributed by atoms with Crippen molar-refractivity contribution in [1.29, 1.82) is 0 Å². The van der Waals surface area contributed by atoms with E-state index in [9.17, 15) is 0 Å². The molecule has 0 aliphatic carbocycles. The van der Waals surface area contributed by atoms with Crippen molar-refractivity contribution in [1.82, 2.24) is 14.7 Å². The van der Waals surface area contributed by atoms with E-state index >= 15 is 0 Å². The van der Waals surface area contributed by atoms with Crippen molar-refractivity contribution < 1.29 is 0 Å². The molecule has 1 aliphatic heterocycles. The number of hydrogen-bond donors (Lipinski definition) is 1. The lowest BCUT2D eigenvalue weighted by Gasteiger charge is -2.13. The van der Waals surface area contributed by atoms with Crippen LogP contribution < -0.4 is 5.73 Å². The van der Waals surface area contributed by atoms with Crippen LogP contribution in [0.5, 0.6) is 0 Å². The summed E-state index contributed by atoms with van der Waals surface area (Å²) in [5.74, 6) is 1.30. The van der Waals surface area contributed by atoms with Crippen molar-refractivity contribution in [2.24, 2.45) is 7.05 Å². The normalized spacial score (nSPS) is 19.6. The standard InChI is InChI=1S/C15H19BrN4/c1-19-6-5-11(9-19)12-4-3-10(7-13(12)16)14-8-15(17)20(2)18-14/h3-4,7-8,11H,5-6,9,17H2,1-2H3. The van der Waals surface area contributed by atoms with Gasteiger partial charge in [-0.15, -0.1) is 0 Å². The van der Waals surface area contributed by atoms with E-state index in [0.29, 0.717) is 11.7 Å². The number of nitrogen functional groups attached to an aromatic ring is 1. The van der Waals surface area contributed by atoms with Gasteiger partial charge in [-0.05, 0) is 37.6 Å². The van der Waals surface area contributed by atoms with Gasteiger partial charge >= 0.3 is 0 Å². The summed E-state index contributed by atoms with van der Waals surface area (Å²) in [5.41, 5.74) is 9.25. The SMILES string of the molecule is CN1CCC(c2ccc(-c3cc(N)n(C)n3)cc2Br)C1. The molecule has 5 heteroatoms. The first kappa shape index (κ1) is 13.6. The Kier molecular flexibility index (Phi) is 3.56. The molecule has 20 heavy (non-hydrogen) atoms. The van der Waals surface area contributed by atoms with Gasteiger partial charge in [0.2, 0.25) is 0 Å². The Morgan fingerprint density at radius 1 is 1.30 bits per heavy atom. The maximum atomic E-state index is 5.84. The smallest absolute Gasteiger partial charge is 0.121 e. The number of nitrogens with two attached hydrogens (primary N) is 1. The fourth-order valence-electron chi connectivity index (χ4n) is 2.83. The van der Waals surface area contributed by atoms with Crippen molar-refractivity contribution in [2.45, 2.75) is 12.3 Å². The van der Waals surface area contributed by atoms with Crippen LogP contribution in [0.25, 0.3) is 11.3 Å². The number of hydrogen-bond acceptors (Lipinski definition) is 3. The van der Waals surface area contributed by atoms with Gasteiger partial charge in [0, 0.05) is 29.7 Å². The highest BCUT2D eigenvalue weighted by atomic mass is 79.9. The summed E-state index contributed by atoms with van der Waals surface area (Å²) in [5, 5.41) is 4.42. The maximum Gasteiger partial charge on any atom is 0.121 e. The Hall–Kier alpha value is -1.33. The first-order chi connectivity index (χ1) is 9.54. The molecule has 2 aromatic rings. The largest absolute Gasteiger partial charge is 0.384 e. The molecule has 0 amide bonds. The summed E-state index contributed by atoms with van der Waals surface area (Å²) in [6, 6.07) is 8.41. The predicted molar refractivity (Wildman–Crippen MR) is 85.6 cm³/mol. The number of aromatic nitrogens is 2. The highest BCUT2D eigenvalue weighted by molar-refractivity contribution is 9.10. The third kappa shape index (κ3) is 2.47. The van der Waals surface area contributed by atoms with E-state index < -0.39 is 0 Å². The molecule has 0 spiro atoms. The summed E-state index contributed by atoms with van der Waals surface area (Å²) in [7, 11) is 4.04. The first-order valence-corrected chi connectivity index (χ1v) is 7.62. The van der Waals surface area contributed by atoms with E-state index in [1.54, 1.807) is 4.68 Å². The molecule has 1 saturated heterocycles. The van der Waals surface area contributed by atoms with E-state index in [1.807, 2.05) is 13.1 Å². The van der Waals surface area contributed by atoms with Gasteiger partial charge < -0.3 is 10.6 Å². The molecule has 1 fully saturated rings. The van der Waals surface area contributed by atoms with Crippen LogP contribution >= 0.6 is 15.9 Å². The summed E-state index contributed by atoms with van der Waals surface area (Å²) in [4.78, 5) is 2.38. The molecule has 1 atom stereocenters. The third-order valence-electron chi connectivity index (χ3n) is 4.04. The van der Waals surface area contributed by atoms with Gasteiger partial charge in [-0.1, -0.05) is 28.1 Å². The summed E-state index contributed by atoms with van der Waals surface area (Å²) in [6.45, 7) is 2.31. The van der Waals surface area contributed by atoms with E-state index in [2.05, 4.69) is 51.2 Å². The Morgan fingerprint density at radius 2 is 2.10 bits per heavy atom. The molecule has 0 radical (unpaired) electrons. The molecule has 2 N–H and O–H groups in total. The van der Waals surface area contributed by atoms with Gasteiger partial charge in [0.25, 0.3) is 0 Å². The van der Waals surface area contributed by atoms with Crippen LogP contribution in [0.4, 0.5) is 5.82 Å². The van der Waals surface area contributed by atoms with Crippen molar-refractivity contribution in [3.8, 4) is 11.3 Å². The molecule has 1 unspecified atom stereocenters. The Morgan fingerprint density at radius 3 is 2.65 bits per heavy atom. The van der Waals surface area contributed by atoms with Crippen molar-refractivity contribution in [2.75, 3.05) is 25.9 Å². The second kappa shape index (κ2) is 5.22. The molecule has 1 aromatic heterocycles. The van der Waals surface area contributed by atoms with Crippen molar-refractivity contribution >= 4 is 21.7 Å². The van der Waals surface area contributed by atoms with Crippen LogP contribution in [0.15, 0.2) is 28.7 Å². The number of benzene rings is 1. The molecular weight excluding hydrogens is 316 g/mol. The average Bonchev–Trinajstić information content (AvgIpc) is 2.97. The highest BCUT2D eigenvalue weighted by Gasteiger charge is 2.23. The molecule has 1 aliphatic rings. The monoisotopic (exact) mass is 334 g/mol. The Balaban J connectivity index is 1.91. The number of aryl methyl sites for hydroxylation is 1. The molecular formula is C15H19BrN4. The second-order valence-corrected chi connectivity index (χ2v) is 6.42. The van der Waals surface area contributed by atoms with Crippen molar-refractivity contribution in [3.05, 3.63) is 34.3 Å². The first-order valence-electron chi connectivity index (χ1n) is 6.82. The van der Waals surface area contributed by atoms with Gasteiger partial charge in [0.05, 0.1) is 5.69 Å². The van der Waals surface area contributed by atoms with Crippen LogP contribution in [0, 0.1) is 0 Å². The number of nitrogens with zero attached hydrogens (tertiary/aromatic N) is 3. The van der Waals surface area contributed by atoms with Crippen molar-refractivity contribution in [3.63, 3.8) is 0 Å². The van der Waals surface area contributed by atoms with Crippen LogP contribution in [-0.2, 0) is 7.05 Å². The highest BCUT2D eigenvalue weighted by Crippen LogP contribution is 2.34. The minimum atomic E-state index is 0.622. The average molecular weight is 335 g/mol. The molecule has 3 rings (SSSR count). The van der Waals surface area contributed by atoms with Crippen LogP contribution in [0.1, 0.15) is 17.9 Å². The molecule has 0 bridgehead atoms. The fourth-order valence-corrected chi connectivity index (χ4v) is 3.53. The lowest BCUT2D eigenvalue weighted by atomic mass is 9.97. The van der Waals surface area contributed by atoms with E-state index in [-0.39, 0.29) is 0 Å². The van der Waals surface area contributed by atoms with Gasteiger partial charge in [-0.25, -0.2) is 0 Å². The van der Waals surface area contributed by atoms with Gasteiger partial charge in [-0.3, -0.25) is 4.68 Å². The third-order valence-corrected chi connectivity index (χ3v) is 4.73. The Labute approximate surface area is 127 Å². The number of likely N-dealkylation sites (N-methyl/N-ethyl adjacent to an activating group) is 1. The molecule has 0 saturated carbocycles. The van der Waals surface area contributed by atoms with E-state index in [0.717, 1.165) is 17.8 Å². The number of rotatable bonds is 2. The number of halogens is 1. The number of likely N-dealkylation sites (tertiary alicyclic amines) is 1. The topological polar surface area (TPSA) is 47.1 Å². The minimum Gasteiger partial charge on any atom is -0.384 e. The van der Waals surface area contributed by atoms with Crippen LogP contribution in [0.2, 0.25) is 0 Å². The van der Waals surface area contributed by atoms with Crippen LogP contribution in [-0.4, -0.2) is 34.8 Å².